The molecular weight excluding hydrogens is 354 g/mol. The number of carbonyl (C=O) groups is 1. The molecule has 0 saturated heterocycles. The van der Waals surface area contributed by atoms with Crippen molar-refractivity contribution >= 4 is 28.9 Å². The average Bonchev–Trinajstić information content (AvgIpc) is 3.46. The molecule has 3 rings (SSSR count). The van der Waals surface area contributed by atoms with Crippen molar-refractivity contribution in [3.63, 3.8) is 0 Å². The van der Waals surface area contributed by atoms with Crippen molar-refractivity contribution in [2.75, 3.05) is 5.32 Å². The van der Waals surface area contributed by atoms with Gasteiger partial charge in [0.1, 0.15) is 0 Å². The number of nitro benzene ring substituents is 1. The third-order valence-corrected chi connectivity index (χ3v) is 4.82. The van der Waals surface area contributed by atoms with Crippen molar-refractivity contribution in [1.82, 2.24) is 5.32 Å². The van der Waals surface area contributed by atoms with Crippen molar-refractivity contribution < 1.29 is 9.72 Å². The molecule has 136 valence electrons. The Morgan fingerprint density at radius 2 is 1.92 bits per heavy atom. The molecule has 1 amide bonds. The molecule has 2 aromatic rings. The van der Waals surface area contributed by atoms with Gasteiger partial charge in [-0.05, 0) is 37.3 Å². The van der Waals surface area contributed by atoms with Crippen LogP contribution < -0.4 is 10.6 Å². The summed E-state index contributed by atoms with van der Waals surface area (Å²) >= 11 is 6.05. The van der Waals surface area contributed by atoms with Gasteiger partial charge in [-0.2, -0.15) is 0 Å². The smallest absolute Gasteiger partial charge is 0.271 e. The molecule has 2 N–H and O–H groups in total. The number of hydrogen-bond acceptors (Lipinski definition) is 4. The van der Waals surface area contributed by atoms with E-state index in [1.807, 2.05) is 18.2 Å². The summed E-state index contributed by atoms with van der Waals surface area (Å²) in [5, 5.41) is 17.2. The van der Waals surface area contributed by atoms with Gasteiger partial charge < -0.3 is 5.32 Å². The van der Waals surface area contributed by atoms with E-state index < -0.39 is 11.0 Å². The minimum Gasteiger partial charge on any atom is -0.323 e. The van der Waals surface area contributed by atoms with E-state index in [-0.39, 0.29) is 28.3 Å². The maximum atomic E-state index is 12.6. The maximum absolute atomic E-state index is 12.6. The molecule has 2 aromatic carbocycles. The van der Waals surface area contributed by atoms with Gasteiger partial charge in [0.05, 0.1) is 21.7 Å². The highest BCUT2D eigenvalue weighted by Crippen LogP contribution is 2.41. The molecule has 6 nitrogen and oxygen atoms in total. The Kier molecular flexibility index (Phi) is 5.54. The zero-order chi connectivity index (χ0) is 18.7. The molecule has 7 heteroatoms. The number of non-ortho nitro benzene ring substituents is 1. The summed E-state index contributed by atoms with van der Waals surface area (Å²) in [7, 11) is 0. The lowest BCUT2D eigenvalue weighted by Crippen LogP contribution is -2.41. The third-order valence-electron chi connectivity index (χ3n) is 4.49. The summed E-state index contributed by atoms with van der Waals surface area (Å²) in [6, 6.07) is 13.7. The number of nitro groups is 1. The fourth-order valence-corrected chi connectivity index (χ4v) is 3.07. The van der Waals surface area contributed by atoms with E-state index in [2.05, 4.69) is 22.8 Å². The molecule has 0 bridgehead atoms. The van der Waals surface area contributed by atoms with Gasteiger partial charge in [-0.25, -0.2) is 0 Å². The Morgan fingerprint density at radius 1 is 1.23 bits per heavy atom. The standard InChI is InChI=1S/C19H20ClN3O3/c1-12(21-18(14-7-8-14)13-5-3-2-4-6-13)19(24)22-17-11-15(23(25)26)9-10-16(17)20/h2-6,9-12,14,18,21H,7-8H2,1H3,(H,22,24)/t12-,18-/m1/s1. The molecule has 0 unspecified atom stereocenters. The number of anilines is 1. The second-order valence-corrected chi connectivity index (χ2v) is 6.93. The minimum absolute atomic E-state index is 0.109. The predicted octanol–water partition coefficient (Wildman–Crippen LogP) is 4.32. The summed E-state index contributed by atoms with van der Waals surface area (Å²) < 4.78 is 0. The monoisotopic (exact) mass is 373 g/mol. The van der Waals surface area contributed by atoms with Crippen LogP contribution in [0.3, 0.4) is 0 Å². The van der Waals surface area contributed by atoms with Gasteiger partial charge in [-0.1, -0.05) is 41.9 Å². The Bertz CT molecular complexity index is 809. The predicted molar refractivity (Wildman–Crippen MR) is 101 cm³/mol. The molecule has 0 aromatic heterocycles. The second kappa shape index (κ2) is 7.85. The second-order valence-electron chi connectivity index (χ2n) is 6.52. The number of carbonyl (C=O) groups excluding carboxylic acids is 1. The molecule has 0 heterocycles. The van der Waals surface area contributed by atoms with E-state index in [1.54, 1.807) is 6.92 Å². The fourth-order valence-electron chi connectivity index (χ4n) is 2.90. The van der Waals surface area contributed by atoms with E-state index in [1.165, 1.54) is 18.2 Å². The largest absolute Gasteiger partial charge is 0.323 e. The molecule has 26 heavy (non-hydrogen) atoms. The quantitative estimate of drug-likeness (QED) is 0.559. The lowest BCUT2D eigenvalue weighted by atomic mass is 10.0. The summed E-state index contributed by atoms with van der Waals surface area (Å²) in [6.07, 6.45) is 2.27. The summed E-state index contributed by atoms with van der Waals surface area (Å²) in [5.74, 6) is 0.239. The van der Waals surface area contributed by atoms with Crippen LogP contribution in [0.4, 0.5) is 11.4 Å². The fraction of sp³-hybridized carbons (Fsp3) is 0.316. The van der Waals surface area contributed by atoms with E-state index >= 15 is 0 Å². The van der Waals surface area contributed by atoms with E-state index in [0.717, 1.165) is 18.4 Å². The molecule has 1 aliphatic carbocycles. The van der Waals surface area contributed by atoms with Crippen LogP contribution in [-0.4, -0.2) is 16.9 Å². The molecule has 0 spiro atoms. The number of halogens is 1. The SMILES string of the molecule is C[C@@H](N[C@H](c1ccccc1)C1CC1)C(=O)Nc1cc([N+](=O)[O-])ccc1Cl. The molecule has 1 saturated carbocycles. The third kappa shape index (κ3) is 4.39. The van der Waals surface area contributed by atoms with Crippen molar-refractivity contribution in [2.45, 2.75) is 31.8 Å². The maximum Gasteiger partial charge on any atom is 0.271 e. The van der Waals surface area contributed by atoms with Crippen LogP contribution >= 0.6 is 11.6 Å². The molecule has 0 radical (unpaired) electrons. The average molecular weight is 374 g/mol. The number of hydrogen-bond donors (Lipinski definition) is 2. The van der Waals surface area contributed by atoms with Crippen LogP contribution in [0.15, 0.2) is 48.5 Å². The van der Waals surface area contributed by atoms with Crippen LogP contribution in [0, 0.1) is 16.0 Å². The van der Waals surface area contributed by atoms with E-state index in [9.17, 15) is 14.9 Å². The molecule has 2 atom stereocenters. The zero-order valence-corrected chi connectivity index (χ0v) is 15.1. The van der Waals surface area contributed by atoms with E-state index in [4.69, 9.17) is 11.6 Å². The molecule has 1 fully saturated rings. The van der Waals surface area contributed by atoms with Crippen LogP contribution in [0.25, 0.3) is 0 Å². The normalized spacial score (nSPS) is 15.9. The van der Waals surface area contributed by atoms with Crippen LogP contribution in [-0.2, 0) is 4.79 Å². The number of benzene rings is 2. The summed E-state index contributed by atoms with van der Waals surface area (Å²) in [6.45, 7) is 1.78. The lowest BCUT2D eigenvalue weighted by Gasteiger charge is -2.23. The first kappa shape index (κ1) is 18.4. The van der Waals surface area contributed by atoms with Gasteiger partial charge >= 0.3 is 0 Å². The summed E-state index contributed by atoms with van der Waals surface area (Å²) in [5.41, 5.74) is 1.27. The van der Waals surface area contributed by atoms with Gasteiger partial charge in [0.25, 0.3) is 5.69 Å². The number of rotatable bonds is 7. The number of nitrogens with one attached hydrogen (secondary N) is 2. The summed E-state index contributed by atoms with van der Waals surface area (Å²) in [4.78, 5) is 22.9. The minimum atomic E-state index is -0.522. The highest BCUT2D eigenvalue weighted by molar-refractivity contribution is 6.33. The van der Waals surface area contributed by atoms with Gasteiger partial charge in [0, 0.05) is 18.2 Å². The first-order valence-electron chi connectivity index (χ1n) is 8.51. The Morgan fingerprint density at radius 3 is 2.54 bits per heavy atom. The Balaban J connectivity index is 1.70. The topological polar surface area (TPSA) is 84.3 Å². The first-order valence-corrected chi connectivity index (χ1v) is 8.89. The lowest BCUT2D eigenvalue weighted by molar-refractivity contribution is -0.384. The Hall–Kier alpha value is -2.44. The number of amides is 1. The first-order chi connectivity index (χ1) is 12.5. The molecule has 1 aliphatic rings. The van der Waals surface area contributed by atoms with Crippen molar-refractivity contribution in [1.29, 1.82) is 0 Å². The van der Waals surface area contributed by atoms with Crippen molar-refractivity contribution in [2.24, 2.45) is 5.92 Å². The van der Waals surface area contributed by atoms with Gasteiger partial charge in [-0.3, -0.25) is 20.2 Å². The van der Waals surface area contributed by atoms with Gasteiger partial charge in [0.15, 0.2) is 0 Å². The van der Waals surface area contributed by atoms with Crippen LogP contribution in [0.5, 0.6) is 0 Å². The zero-order valence-electron chi connectivity index (χ0n) is 14.3. The van der Waals surface area contributed by atoms with Gasteiger partial charge in [0.2, 0.25) is 5.91 Å². The highest BCUT2D eigenvalue weighted by Gasteiger charge is 2.34. The van der Waals surface area contributed by atoms with E-state index in [0.29, 0.717) is 5.92 Å². The van der Waals surface area contributed by atoms with Crippen LogP contribution in [0.1, 0.15) is 31.4 Å². The van der Waals surface area contributed by atoms with Gasteiger partial charge in [-0.15, -0.1) is 0 Å². The number of nitrogens with zero attached hydrogens (tertiary/aromatic N) is 1. The molecular formula is C19H20ClN3O3. The highest BCUT2D eigenvalue weighted by atomic mass is 35.5. The van der Waals surface area contributed by atoms with Crippen molar-refractivity contribution in [3.05, 3.63) is 69.2 Å². The Labute approximate surface area is 156 Å². The van der Waals surface area contributed by atoms with Crippen molar-refractivity contribution in [3.8, 4) is 0 Å². The molecule has 0 aliphatic heterocycles. The van der Waals surface area contributed by atoms with Crippen LogP contribution in [0.2, 0.25) is 5.02 Å².